The van der Waals surface area contributed by atoms with Gasteiger partial charge in [-0.15, -0.1) is 22.7 Å². The van der Waals surface area contributed by atoms with Crippen LogP contribution < -0.4 is 0 Å². The lowest BCUT2D eigenvalue weighted by Crippen LogP contribution is -2.00. The van der Waals surface area contributed by atoms with E-state index < -0.39 is 0 Å². The standard InChI is InChI=1S/C53H32N2S.C44H25N3S/c1-3-16-33(17-4-1)36-31-44(34-18-5-2-6-19-34)54-45(32-36)35-20-15-21-37(30-35)55-46-28-13-11-26-42(46)50-48-40-24-9-7-22-38(40)39-23-8-10-25-41(39)49(48)51-43-27-12-14-29-47(43)56-53(51)52(50)55;1-2-12-26(13-3-1)34-24-38(46-35-25-45-23-22-29(34)35)47-36-20-10-8-18-32(36)41-39-30-16-6-4-14-27(30)28-15-5-7-17-31(28)40(39)42-33-19-9-11-21-37(33)48-44(42)43(41)47/h1-32H;1-25H. The Kier molecular flexibility index (Phi) is 13.1. The lowest BCUT2D eigenvalue weighted by atomic mass is 9.89. The van der Waals surface area contributed by atoms with Crippen molar-refractivity contribution < 1.29 is 0 Å². The molecule has 7 aromatic heterocycles. The summed E-state index contributed by atoms with van der Waals surface area (Å²) < 4.78 is 10.1. The first-order valence-corrected chi connectivity index (χ1v) is 37.0. The van der Waals surface area contributed by atoms with E-state index in [1.807, 2.05) is 35.1 Å². The summed E-state index contributed by atoms with van der Waals surface area (Å²) in [6.07, 6.45) is 3.75. The third-order valence-corrected chi connectivity index (χ3v) is 23.9. The Balaban J connectivity index is 0.000000132. The Hall–Kier alpha value is -13.2. The molecule has 0 bridgehead atoms. The molecule has 0 unspecified atom stereocenters. The molecule has 7 heteroatoms. The molecule has 0 atom stereocenters. The zero-order chi connectivity index (χ0) is 68.1. The largest absolute Gasteiger partial charge is 0.308 e. The third kappa shape index (κ3) is 8.75. The van der Waals surface area contributed by atoms with Crippen molar-refractivity contribution in [3.05, 3.63) is 346 Å². The number of aromatic nitrogens is 5. The van der Waals surface area contributed by atoms with Crippen LogP contribution in [0.15, 0.2) is 346 Å². The van der Waals surface area contributed by atoms with E-state index in [0.717, 1.165) is 67.1 Å². The number of benzene rings is 16. The SMILES string of the molecule is c1ccc(-c2cc(-c3ccccc3)nc(-c3cccc(-n4c5ccccc5c5c6c7ccccc7c7ccccc7c6c6c7ccccc7sc6c54)c3)c2)cc1.c1ccc(-c2cc(-n3c4ccccc4c4c5c6ccccc6c6ccccc6c5c5c6ccccc6sc5c43)nc3cnccc23)cc1. The molecule has 0 saturated heterocycles. The highest BCUT2D eigenvalue weighted by molar-refractivity contribution is 7.27. The first-order valence-electron chi connectivity index (χ1n) is 35.4. The molecule has 0 aliphatic carbocycles. The second-order valence-corrected chi connectivity index (χ2v) is 29.2. The quantitative estimate of drug-likeness (QED) is 0.156. The monoisotopic (exact) mass is 1360 g/mol. The maximum atomic E-state index is 5.36. The summed E-state index contributed by atoms with van der Waals surface area (Å²) in [4.78, 5) is 15.2. The van der Waals surface area contributed by atoms with Crippen molar-refractivity contribution in [3.63, 3.8) is 0 Å². The molecule has 16 aromatic carbocycles. The van der Waals surface area contributed by atoms with Gasteiger partial charge in [-0.3, -0.25) is 9.55 Å². The molecular formula is C97H57N5S2. The van der Waals surface area contributed by atoms with Gasteiger partial charge in [-0.1, -0.05) is 273 Å². The molecular weight excluding hydrogens is 1300 g/mol. The first-order chi connectivity index (χ1) is 51.6. The van der Waals surface area contributed by atoms with Gasteiger partial charge in [0, 0.05) is 102 Å². The Morgan fingerprint density at radius 2 is 0.654 bits per heavy atom. The third-order valence-electron chi connectivity index (χ3n) is 21.6. The summed E-state index contributed by atoms with van der Waals surface area (Å²) in [5.41, 5.74) is 15.5. The second-order valence-electron chi connectivity index (χ2n) is 27.1. The molecule has 0 radical (unpaired) electrons. The zero-order valence-corrected chi connectivity index (χ0v) is 57.6. The van der Waals surface area contributed by atoms with E-state index in [1.165, 1.54) is 149 Å². The van der Waals surface area contributed by atoms with Crippen molar-refractivity contribution in [2.75, 3.05) is 0 Å². The molecule has 0 N–H and O–H groups in total. The highest BCUT2D eigenvalue weighted by Gasteiger charge is 2.28. The number of nitrogens with zero attached hydrogens (tertiary/aromatic N) is 5. The molecule has 104 heavy (non-hydrogen) atoms. The molecule has 23 rings (SSSR count). The van der Waals surface area contributed by atoms with Gasteiger partial charge in [0.05, 0.1) is 54.6 Å². The normalized spacial score (nSPS) is 12.0. The van der Waals surface area contributed by atoms with Crippen molar-refractivity contribution in [2.24, 2.45) is 0 Å². The van der Waals surface area contributed by atoms with E-state index in [4.69, 9.17) is 9.97 Å². The lowest BCUT2D eigenvalue weighted by Gasteiger charge is -2.15. The minimum atomic E-state index is 0.879. The predicted octanol–water partition coefficient (Wildman–Crippen LogP) is 27.2. The number of hydrogen-bond donors (Lipinski definition) is 0. The maximum absolute atomic E-state index is 5.36. The van der Waals surface area contributed by atoms with Crippen molar-refractivity contribution in [1.29, 1.82) is 0 Å². The summed E-state index contributed by atoms with van der Waals surface area (Å²) >= 11 is 3.80. The molecule has 482 valence electrons. The van der Waals surface area contributed by atoms with Crippen LogP contribution in [0.4, 0.5) is 0 Å². The van der Waals surface area contributed by atoms with E-state index in [2.05, 4.69) is 348 Å². The van der Waals surface area contributed by atoms with Crippen molar-refractivity contribution in [3.8, 4) is 56.3 Å². The van der Waals surface area contributed by atoms with Crippen LogP contribution in [0, 0.1) is 0 Å². The fourth-order valence-electron chi connectivity index (χ4n) is 17.2. The molecule has 0 saturated carbocycles. The number of rotatable bonds is 6. The van der Waals surface area contributed by atoms with Gasteiger partial charge in [0.25, 0.3) is 0 Å². The number of para-hydroxylation sites is 2. The average molecular weight is 1360 g/mol. The molecule has 0 fully saturated rings. The first kappa shape index (κ1) is 58.6. The number of fused-ring (bicyclic) bond motifs is 31. The molecule has 23 aromatic rings. The van der Waals surface area contributed by atoms with E-state index >= 15 is 0 Å². The van der Waals surface area contributed by atoms with Crippen LogP contribution in [0.5, 0.6) is 0 Å². The summed E-state index contributed by atoms with van der Waals surface area (Å²) in [7, 11) is 0. The predicted molar refractivity (Wildman–Crippen MR) is 445 cm³/mol. The Morgan fingerprint density at radius 1 is 0.250 bits per heavy atom. The van der Waals surface area contributed by atoms with Crippen molar-refractivity contribution >= 4 is 182 Å². The fourth-order valence-corrected chi connectivity index (χ4v) is 19.7. The highest BCUT2D eigenvalue weighted by Crippen LogP contribution is 2.55. The van der Waals surface area contributed by atoms with E-state index in [9.17, 15) is 0 Å². The Bertz CT molecular complexity index is 7480. The van der Waals surface area contributed by atoms with Crippen LogP contribution >= 0.6 is 22.7 Å². The fraction of sp³-hybridized carbons (Fsp3) is 0. The van der Waals surface area contributed by atoms with Crippen LogP contribution in [-0.4, -0.2) is 24.1 Å². The van der Waals surface area contributed by atoms with Gasteiger partial charge in [-0.05, 0) is 126 Å². The van der Waals surface area contributed by atoms with Gasteiger partial charge in [0.2, 0.25) is 0 Å². The van der Waals surface area contributed by atoms with Gasteiger partial charge in [0.1, 0.15) is 5.82 Å². The molecule has 0 amide bonds. The van der Waals surface area contributed by atoms with Crippen LogP contribution in [-0.2, 0) is 0 Å². The van der Waals surface area contributed by atoms with Gasteiger partial charge in [-0.2, -0.15) is 0 Å². The van der Waals surface area contributed by atoms with Gasteiger partial charge in [-0.25, -0.2) is 9.97 Å². The minimum Gasteiger partial charge on any atom is -0.308 e. The van der Waals surface area contributed by atoms with Crippen LogP contribution in [0.2, 0.25) is 0 Å². The van der Waals surface area contributed by atoms with Gasteiger partial charge < -0.3 is 4.57 Å². The zero-order valence-electron chi connectivity index (χ0n) is 56.0. The van der Waals surface area contributed by atoms with Crippen LogP contribution in [0.25, 0.3) is 216 Å². The highest BCUT2D eigenvalue weighted by atomic mass is 32.1. The molecule has 7 heterocycles. The van der Waals surface area contributed by atoms with Gasteiger partial charge in [0.15, 0.2) is 0 Å². The van der Waals surface area contributed by atoms with Crippen molar-refractivity contribution in [1.82, 2.24) is 24.1 Å². The molecule has 0 aliphatic rings. The Morgan fingerprint density at radius 3 is 1.18 bits per heavy atom. The molecule has 0 spiro atoms. The minimum absolute atomic E-state index is 0.879. The summed E-state index contributed by atoms with van der Waals surface area (Å²) in [5.74, 6) is 0.892. The van der Waals surface area contributed by atoms with Crippen LogP contribution in [0.1, 0.15) is 0 Å². The molecule has 5 nitrogen and oxygen atoms in total. The number of thiophene rings is 2. The van der Waals surface area contributed by atoms with E-state index in [1.54, 1.807) is 0 Å². The Labute approximate surface area is 604 Å². The van der Waals surface area contributed by atoms with E-state index in [0.29, 0.717) is 0 Å². The summed E-state index contributed by atoms with van der Waals surface area (Å²) in [5, 5.41) is 27.0. The topological polar surface area (TPSA) is 48.5 Å². The summed E-state index contributed by atoms with van der Waals surface area (Å²) in [6.45, 7) is 0. The van der Waals surface area contributed by atoms with E-state index in [-0.39, 0.29) is 0 Å². The lowest BCUT2D eigenvalue weighted by molar-refractivity contribution is 1.10. The molecule has 0 aliphatic heterocycles. The van der Waals surface area contributed by atoms with Crippen LogP contribution in [0.3, 0.4) is 0 Å². The number of hydrogen-bond acceptors (Lipinski definition) is 5. The number of pyridine rings is 3. The average Bonchev–Trinajstić information content (AvgIpc) is 1.51. The maximum Gasteiger partial charge on any atom is 0.139 e. The second kappa shape index (κ2) is 23.2. The van der Waals surface area contributed by atoms with Gasteiger partial charge >= 0.3 is 0 Å². The smallest absolute Gasteiger partial charge is 0.139 e. The van der Waals surface area contributed by atoms with Crippen molar-refractivity contribution in [2.45, 2.75) is 0 Å². The summed E-state index contributed by atoms with van der Waals surface area (Å²) in [6, 6.07) is 121.